The fourth-order valence-electron chi connectivity index (χ4n) is 2.46. The number of aryl methyl sites for hydroxylation is 1. The summed E-state index contributed by atoms with van der Waals surface area (Å²) in [4.78, 5) is 13.7. The van der Waals surface area contributed by atoms with Crippen LogP contribution >= 0.6 is 0 Å². The number of carbonyl (C=O) groups excluding carboxylic acids is 1. The quantitative estimate of drug-likeness (QED) is 0.885. The summed E-state index contributed by atoms with van der Waals surface area (Å²) in [6.07, 6.45) is 3.89. The number of nitrogens with one attached hydrogen (secondary N) is 1. The highest BCUT2D eigenvalue weighted by Crippen LogP contribution is 2.26. The molecule has 0 radical (unpaired) electrons. The lowest BCUT2D eigenvalue weighted by atomic mass is 9.99. The van der Waals surface area contributed by atoms with E-state index < -0.39 is 0 Å². The topological polar surface area (TPSA) is 32.3 Å². The zero-order valence-corrected chi connectivity index (χ0v) is 11.3. The summed E-state index contributed by atoms with van der Waals surface area (Å²) < 4.78 is 0. The summed E-state index contributed by atoms with van der Waals surface area (Å²) >= 11 is 0. The molecule has 0 saturated heterocycles. The molecule has 0 spiro atoms. The summed E-state index contributed by atoms with van der Waals surface area (Å²) in [5, 5.41) is 2.97. The van der Waals surface area contributed by atoms with Crippen molar-refractivity contribution in [3.05, 3.63) is 29.3 Å². The molecule has 1 heterocycles. The minimum Gasteiger partial charge on any atom is -0.374 e. The minimum atomic E-state index is 0.146. The molecule has 98 valence electrons. The van der Waals surface area contributed by atoms with E-state index in [2.05, 4.69) is 35.5 Å². The lowest BCUT2D eigenvalue weighted by Crippen LogP contribution is -2.25. The van der Waals surface area contributed by atoms with E-state index in [4.69, 9.17) is 0 Å². The Morgan fingerprint density at radius 3 is 3.06 bits per heavy atom. The fraction of sp³-hybridized carbons (Fsp3) is 0.533. The summed E-state index contributed by atoms with van der Waals surface area (Å²) in [6.45, 7) is 3.81. The molecule has 0 saturated carbocycles. The smallest absolute Gasteiger partial charge is 0.220 e. The third-order valence-electron chi connectivity index (χ3n) is 3.46. The predicted molar refractivity (Wildman–Crippen MR) is 74.8 cm³/mol. The number of fused-ring (bicyclic) bond motifs is 1. The third kappa shape index (κ3) is 3.03. The largest absolute Gasteiger partial charge is 0.374 e. The predicted octanol–water partition coefficient (Wildman–Crippen LogP) is 2.49. The molecule has 1 aliphatic heterocycles. The average molecular weight is 246 g/mol. The van der Waals surface area contributed by atoms with Gasteiger partial charge in [0, 0.05) is 32.2 Å². The average Bonchev–Trinajstić information content (AvgIpc) is 2.37. The standard InChI is InChI=1S/C15H22N2O/c1-3-5-15(18)16-11-12-7-8-14-13(10-12)6-4-9-17(14)2/h7-8,10H,3-6,9,11H2,1-2H3,(H,16,18). The van der Waals surface area contributed by atoms with Crippen molar-refractivity contribution in [3.63, 3.8) is 0 Å². The minimum absolute atomic E-state index is 0.146. The van der Waals surface area contributed by atoms with E-state index in [0.29, 0.717) is 13.0 Å². The van der Waals surface area contributed by atoms with E-state index in [9.17, 15) is 4.79 Å². The van der Waals surface area contributed by atoms with Crippen molar-refractivity contribution in [2.45, 2.75) is 39.2 Å². The first-order chi connectivity index (χ1) is 8.70. The van der Waals surface area contributed by atoms with Crippen LogP contribution in [0.15, 0.2) is 18.2 Å². The van der Waals surface area contributed by atoms with Crippen molar-refractivity contribution in [3.8, 4) is 0 Å². The highest BCUT2D eigenvalue weighted by molar-refractivity contribution is 5.75. The fourth-order valence-corrected chi connectivity index (χ4v) is 2.46. The van der Waals surface area contributed by atoms with Gasteiger partial charge in [-0.15, -0.1) is 0 Å². The lowest BCUT2D eigenvalue weighted by Gasteiger charge is -2.27. The first-order valence-electron chi connectivity index (χ1n) is 6.80. The molecule has 1 aromatic rings. The Morgan fingerprint density at radius 2 is 2.28 bits per heavy atom. The maximum Gasteiger partial charge on any atom is 0.220 e. The summed E-state index contributed by atoms with van der Waals surface area (Å²) in [5.74, 6) is 0.146. The van der Waals surface area contributed by atoms with Crippen LogP contribution in [0.5, 0.6) is 0 Å². The maximum absolute atomic E-state index is 11.4. The van der Waals surface area contributed by atoms with Gasteiger partial charge in [0.25, 0.3) is 0 Å². The molecule has 0 aromatic heterocycles. The van der Waals surface area contributed by atoms with Crippen LogP contribution in [0, 0.1) is 0 Å². The second kappa shape index (κ2) is 5.89. The number of rotatable bonds is 4. The van der Waals surface area contributed by atoms with Crippen molar-refractivity contribution >= 4 is 11.6 Å². The van der Waals surface area contributed by atoms with Crippen LogP contribution in [0.4, 0.5) is 5.69 Å². The van der Waals surface area contributed by atoms with Crippen LogP contribution < -0.4 is 10.2 Å². The van der Waals surface area contributed by atoms with Gasteiger partial charge in [-0.05, 0) is 36.5 Å². The van der Waals surface area contributed by atoms with Crippen molar-refractivity contribution in [1.82, 2.24) is 5.32 Å². The molecule has 0 aliphatic carbocycles. The van der Waals surface area contributed by atoms with E-state index in [0.717, 1.165) is 19.4 Å². The number of hydrogen-bond donors (Lipinski definition) is 1. The van der Waals surface area contributed by atoms with E-state index in [1.807, 2.05) is 6.92 Å². The van der Waals surface area contributed by atoms with Crippen LogP contribution in [0.25, 0.3) is 0 Å². The van der Waals surface area contributed by atoms with Gasteiger partial charge in [0.2, 0.25) is 5.91 Å². The molecule has 0 bridgehead atoms. The van der Waals surface area contributed by atoms with Gasteiger partial charge in [-0.2, -0.15) is 0 Å². The molecular weight excluding hydrogens is 224 g/mol. The van der Waals surface area contributed by atoms with E-state index in [1.54, 1.807) is 0 Å². The van der Waals surface area contributed by atoms with Crippen molar-refractivity contribution < 1.29 is 4.79 Å². The van der Waals surface area contributed by atoms with E-state index in [1.165, 1.54) is 23.2 Å². The molecule has 3 nitrogen and oxygen atoms in total. The van der Waals surface area contributed by atoms with Gasteiger partial charge in [0.05, 0.1) is 0 Å². The van der Waals surface area contributed by atoms with Gasteiger partial charge in [-0.3, -0.25) is 4.79 Å². The maximum atomic E-state index is 11.4. The Balaban J connectivity index is 2.00. The lowest BCUT2D eigenvalue weighted by molar-refractivity contribution is -0.121. The molecule has 18 heavy (non-hydrogen) atoms. The normalized spacial score (nSPS) is 14.2. The highest BCUT2D eigenvalue weighted by Gasteiger charge is 2.13. The number of nitrogens with zero attached hydrogens (tertiary/aromatic N) is 1. The van der Waals surface area contributed by atoms with Gasteiger partial charge in [-0.1, -0.05) is 19.1 Å². The first-order valence-corrected chi connectivity index (χ1v) is 6.80. The molecular formula is C15H22N2O. The molecule has 1 aliphatic rings. The second-order valence-corrected chi connectivity index (χ2v) is 5.01. The van der Waals surface area contributed by atoms with E-state index in [-0.39, 0.29) is 5.91 Å². The monoisotopic (exact) mass is 246 g/mol. The van der Waals surface area contributed by atoms with Crippen LogP contribution in [-0.4, -0.2) is 19.5 Å². The Labute approximate surface area is 109 Å². The third-order valence-corrected chi connectivity index (χ3v) is 3.46. The van der Waals surface area contributed by atoms with Crippen molar-refractivity contribution in [2.24, 2.45) is 0 Å². The first kappa shape index (κ1) is 12.9. The molecule has 0 fully saturated rings. The molecule has 1 aromatic carbocycles. The molecule has 1 N–H and O–H groups in total. The van der Waals surface area contributed by atoms with Gasteiger partial charge in [0.15, 0.2) is 0 Å². The Bertz CT molecular complexity index is 429. The number of hydrogen-bond acceptors (Lipinski definition) is 2. The highest BCUT2D eigenvalue weighted by atomic mass is 16.1. The van der Waals surface area contributed by atoms with Gasteiger partial charge in [-0.25, -0.2) is 0 Å². The van der Waals surface area contributed by atoms with Gasteiger partial charge < -0.3 is 10.2 Å². The number of carbonyl (C=O) groups is 1. The number of benzene rings is 1. The zero-order valence-electron chi connectivity index (χ0n) is 11.3. The van der Waals surface area contributed by atoms with Crippen LogP contribution in [-0.2, 0) is 17.8 Å². The molecule has 0 unspecified atom stereocenters. The van der Waals surface area contributed by atoms with Gasteiger partial charge >= 0.3 is 0 Å². The zero-order chi connectivity index (χ0) is 13.0. The second-order valence-electron chi connectivity index (χ2n) is 5.01. The number of anilines is 1. The molecule has 3 heteroatoms. The summed E-state index contributed by atoms with van der Waals surface area (Å²) in [5.41, 5.74) is 3.95. The van der Waals surface area contributed by atoms with Crippen molar-refractivity contribution in [1.29, 1.82) is 0 Å². The number of amides is 1. The molecule has 0 atom stereocenters. The van der Waals surface area contributed by atoms with Crippen molar-refractivity contribution in [2.75, 3.05) is 18.5 Å². The molecule has 2 rings (SSSR count). The Morgan fingerprint density at radius 1 is 1.44 bits per heavy atom. The summed E-state index contributed by atoms with van der Waals surface area (Å²) in [6, 6.07) is 6.53. The van der Waals surface area contributed by atoms with Crippen LogP contribution in [0.1, 0.15) is 37.3 Å². The van der Waals surface area contributed by atoms with Crippen LogP contribution in [0.3, 0.4) is 0 Å². The Kier molecular flexibility index (Phi) is 4.24. The summed E-state index contributed by atoms with van der Waals surface area (Å²) in [7, 11) is 2.14. The van der Waals surface area contributed by atoms with E-state index >= 15 is 0 Å². The van der Waals surface area contributed by atoms with Crippen LogP contribution in [0.2, 0.25) is 0 Å². The Hall–Kier alpha value is -1.51. The van der Waals surface area contributed by atoms with Gasteiger partial charge in [0.1, 0.15) is 0 Å². The molecule has 1 amide bonds. The SMILES string of the molecule is CCCC(=O)NCc1ccc2c(c1)CCCN2C.